The lowest BCUT2D eigenvalue weighted by Gasteiger charge is -2.38. The van der Waals surface area contributed by atoms with Crippen LogP contribution in [0.25, 0.3) is 0 Å². The van der Waals surface area contributed by atoms with Crippen molar-refractivity contribution in [2.75, 3.05) is 13.1 Å². The number of nitro benzene ring substituents is 1. The number of piperidine rings is 1. The van der Waals surface area contributed by atoms with Crippen LogP contribution >= 0.6 is 0 Å². The number of sulfonamides is 1. The number of nitrogens with zero attached hydrogens (tertiary/aromatic N) is 3. The lowest BCUT2D eigenvalue weighted by Crippen LogP contribution is -2.49. The van der Waals surface area contributed by atoms with Crippen molar-refractivity contribution in [3.8, 4) is 0 Å². The zero-order chi connectivity index (χ0) is 24.7. The second-order valence-electron chi connectivity index (χ2n) is 8.39. The minimum atomic E-state index is -4.66. The molecule has 0 unspecified atom stereocenters. The van der Waals surface area contributed by atoms with E-state index in [9.17, 15) is 36.5 Å². The summed E-state index contributed by atoms with van der Waals surface area (Å²) in [5, 5.41) is 11.3. The minimum Gasteiger partial charge on any atom is -0.338 e. The second kappa shape index (κ2) is 8.99. The number of rotatable bonds is 6. The van der Waals surface area contributed by atoms with E-state index in [0.29, 0.717) is 18.9 Å². The van der Waals surface area contributed by atoms with Crippen molar-refractivity contribution in [1.82, 2.24) is 9.21 Å². The third-order valence-corrected chi connectivity index (χ3v) is 8.09. The number of likely N-dealkylation sites (tertiary alicyclic amines) is 1. The molecular weight excluding hydrogens is 475 g/mol. The number of hydrogen-bond donors (Lipinski definition) is 0. The van der Waals surface area contributed by atoms with Gasteiger partial charge in [-0.25, -0.2) is 8.42 Å². The summed E-state index contributed by atoms with van der Waals surface area (Å²) < 4.78 is 67.4. The molecule has 1 aliphatic carbocycles. The van der Waals surface area contributed by atoms with Crippen LogP contribution in [0.3, 0.4) is 0 Å². The molecule has 0 aromatic heterocycles. The normalized spacial score (nSPS) is 17.7. The first-order valence-electron chi connectivity index (χ1n) is 10.7. The molecule has 0 N–H and O–H groups in total. The van der Waals surface area contributed by atoms with Gasteiger partial charge in [0.15, 0.2) is 0 Å². The Morgan fingerprint density at radius 3 is 2.21 bits per heavy atom. The Hall–Kier alpha value is -2.99. The third-order valence-electron chi connectivity index (χ3n) is 6.09. The quantitative estimate of drug-likeness (QED) is 0.442. The molecule has 0 spiro atoms. The van der Waals surface area contributed by atoms with Crippen LogP contribution in [0.2, 0.25) is 0 Å². The SMILES string of the molecule is O=C(c1ccccc1[N+](=O)[O-])N1CCC(N(C2CC2)S(=O)(=O)c2cccc(C(F)(F)F)c2)CC1. The predicted octanol–water partition coefficient (Wildman–Crippen LogP) is 4.07. The molecule has 2 aliphatic rings. The van der Waals surface area contributed by atoms with Gasteiger partial charge in [0.05, 0.1) is 15.4 Å². The predicted molar refractivity (Wildman–Crippen MR) is 116 cm³/mol. The van der Waals surface area contributed by atoms with E-state index in [1.54, 1.807) is 0 Å². The summed E-state index contributed by atoms with van der Waals surface area (Å²) in [6.07, 6.45) is -2.87. The molecule has 2 aromatic rings. The van der Waals surface area contributed by atoms with Gasteiger partial charge in [0.25, 0.3) is 11.6 Å². The Morgan fingerprint density at radius 1 is 1.00 bits per heavy atom. The summed E-state index contributed by atoms with van der Waals surface area (Å²) >= 11 is 0. The van der Waals surface area contributed by atoms with Crippen molar-refractivity contribution in [3.05, 3.63) is 69.8 Å². The van der Waals surface area contributed by atoms with Crippen molar-refractivity contribution in [1.29, 1.82) is 0 Å². The topological polar surface area (TPSA) is 101 Å². The van der Waals surface area contributed by atoms with Crippen molar-refractivity contribution in [3.63, 3.8) is 0 Å². The lowest BCUT2D eigenvalue weighted by molar-refractivity contribution is -0.385. The van der Waals surface area contributed by atoms with Crippen molar-refractivity contribution < 1.29 is 31.3 Å². The van der Waals surface area contributed by atoms with E-state index in [1.165, 1.54) is 33.5 Å². The molecule has 0 atom stereocenters. The molecule has 0 bridgehead atoms. The Balaban J connectivity index is 1.53. The van der Waals surface area contributed by atoms with E-state index in [4.69, 9.17) is 0 Å². The number of benzene rings is 2. The van der Waals surface area contributed by atoms with Gasteiger partial charge < -0.3 is 4.90 Å². The molecule has 1 heterocycles. The number of carbonyl (C=O) groups excluding carboxylic acids is 1. The van der Waals surface area contributed by atoms with Gasteiger partial charge in [0.1, 0.15) is 5.56 Å². The highest BCUT2D eigenvalue weighted by Crippen LogP contribution is 2.38. The van der Waals surface area contributed by atoms with E-state index >= 15 is 0 Å². The average molecular weight is 497 g/mol. The summed E-state index contributed by atoms with van der Waals surface area (Å²) in [5.74, 6) is -0.510. The van der Waals surface area contributed by atoms with Crippen LogP contribution in [-0.2, 0) is 16.2 Å². The van der Waals surface area contributed by atoms with Gasteiger partial charge in [-0.1, -0.05) is 18.2 Å². The number of amides is 1. The van der Waals surface area contributed by atoms with Crippen molar-refractivity contribution >= 4 is 21.6 Å². The zero-order valence-electron chi connectivity index (χ0n) is 17.9. The molecule has 8 nitrogen and oxygen atoms in total. The smallest absolute Gasteiger partial charge is 0.338 e. The minimum absolute atomic E-state index is 0.0402. The van der Waals surface area contributed by atoms with Crippen LogP contribution in [0.5, 0.6) is 0 Å². The van der Waals surface area contributed by atoms with Gasteiger partial charge in [-0.05, 0) is 49.9 Å². The fourth-order valence-electron chi connectivity index (χ4n) is 4.28. The van der Waals surface area contributed by atoms with Gasteiger partial charge in [0, 0.05) is 31.2 Å². The Morgan fingerprint density at radius 2 is 1.62 bits per heavy atom. The molecule has 0 radical (unpaired) electrons. The molecule has 1 saturated heterocycles. The van der Waals surface area contributed by atoms with Crippen LogP contribution < -0.4 is 0 Å². The number of nitro groups is 1. The molecule has 4 rings (SSSR count). The zero-order valence-corrected chi connectivity index (χ0v) is 18.8. The number of alkyl halides is 3. The molecular formula is C22H22F3N3O5S. The average Bonchev–Trinajstić information content (AvgIpc) is 3.63. The number of carbonyl (C=O) groups is 1. The van der Waals surface area contributed by atoms with E-state index in [1.807, 2.05) is 0 Å². The number of para-hydroxylation sites is 1. The van der Waals surface area contributed by atoms with Gasteiger partial charge in [0.2, 0.25) is 10.0 Å². The Labute approximate surface area is 194 Å². The van der Waals surface area contributed by atoms with Crippen LogP contribution in [0.15, 0.2) is 53.4 Å². The maximum absolute atomic E-state index is 13.4. The van der Waals surface area contributed by atoms with Crippen LogP contribution in [0.4, 0.5) is 18.9 Å². The Kier molecular flexibility index (Phi) is 6.38. The van der Waals surface area contributed by atoms with Crippen LogP contribution in [0, 0.1) is 10.1 Å². The highest BCUT2D eigenvalue weighted by Gasteiger charge is 2.44. The fraction of sp³-hybridized carbons (Fsp3) is 0.409. The standard InChI is InChI=1S/C22H22F3N3O5S/c23-22(24,25)15-4-3-5-18(14-15)34(32,33)27(16-8-9-16)17-10-12-26(13-11-17)21(29)19-6-1-2-7-20(19)28(30)31/h1-7,14,16-17H,8-13H2. The van der Waals surface area contributed by atoms with E-state index in [2.05, 4.69) is 0 Å². The van der Waals surface area contributed by atoms with E-state index in [0.717, 1.165) is 18.2 Å². The molecule has 182 valence electrons. The summed E-state index contributed by atoms with van der Waals surface area (Å²) in [7, 11) is -4.19. The molecule has 1 aliphatic heterocycles. The maximum Gasteiger partial charge on any atom is 0.416 e. The summed E-state index contributed by atoms with van der Waals surface area (Å²) in [6, 6.07) is 8.56. The van der Waals surface area contributed by atoms with Gasteiger partial charge in [-0.15, -0.1) is 0 Å². The van der Waals surface area contributed by atoms with Gasteiger partial charge in [-0.3, -0.25) is 14.9 Å². The first kappa shape index (κ1) is 24.1. The highest BCUT2D eigenvalue weighted by atomic mass is 32.2. The third kappa shape index (κ3) is 4.78. The largest absolute Gasteiger partial charge is 0.416 e. The first-order valence-corrected chi connectivity index (χ1v) is 12.2. The molecule has 34 heavy (non-hydrogen) atoms. The second-order valence-corrected chi connectivity index (χ2v) is 10.2. The molecule has 1 saturated carbocycles. The molecule has 2 fully saturated rings. The van der Waals surface area contributed by atoms with E-state index in [-0.39, 0.29) is 43.2 Å². The van der Waals surface area contributed by atoms with Gasteiger partial charge in [-0.2, -0.15) is 17.5 Å². The first-order chi connectivity index (χ1) is 16.0. The fourth-order valence-corrected chi connectivity index (χ4v) is 6.26. The summed E-state index contributed by atoms with van der Waals surface area (Å²) in [6.45, 7) is 0.355. The summed E-state index contributed by atoms with van der Waals surface area (Å²) in [4.78, 5) is 24.5. The highest BCUT2D eigenvalue weighted by molar-refractivity contribution is 7.89. The molecule has 2 aromatic carbocycles. The van der Waals surface area contributed by atoms with Crippen LogP contribution in [0.1, 0.15) is 41.6 Å². The van der Waals surface area contributed by atoms with Crippen molar-refractivity contribution in [2.45, 2.75) is 48.8 Å². The Bertz CT molecular complexity index is 1210. The van der Waals surface area contributed by atoms with E-state index < -0.39 is 43.5 Å². The lowest BCUT2D eigenvalue weighted by atomic mass is 10.0. The van der Waals surface area contributed by atoms with Gasteiger partial charge >= 0.3 is 6.18 Å². The maximum atomic E-state index is 13.4. The van der Waals surface area contributed by atoms with Crippen LogP contribution in [-0.4, -0.2) is 53.6 Å². The monoisotopic (exact) mass is 497 g/mol. The molecule has 12 heteroatoms. The number of halogens is 3. The number of hydrogen-bond acceptors (Lipinski definition) is 5. The summed E-state index contributed by atoms with van der Waals surface area (Å²) in [5.41, 5.74) is -1.38. The molecule has 1 amide bonds. The van der Waals surface area contributed by atoms with Crippen molar-refractivity contribution in [2.24, 2.45) is 0 Å².